The Morgan fingerprint density at radius 1 is 1.05 bits per heavy atom. The highest BCUT2D eigenvalue weighted by molar-refractivity contribution is 8.14. The number of hydrogen-bond acceptors (Lipinski definition) is 9. The number of thioether (sulfide) groups is 1. The number of carbonyl (C=O) groups is 2. The van der Waals surface area contributed by atoms with Gasteiger partial charge in [0.1, 0.15) is 16.7 Å². The zero-order chi connectivity index (χ0) is 26.2. The molecule has 8 nitrogen and oxygen atoms in total. The van der Waals surface area contributed by atoms with Crippen molar-refractivity contribution in [2.45, 2.75) is 25.0 Å². The van der Waals surface area contributed by atoms with Crippen molar-refractivity contribution < 1.29 is 9.59 Å². The summed E-state index contributed by atoms with van der Waals surface area (Å²) in [6, 6.07) is 22.3. The Balaban J connectivity index is 1.46. The van der Waals surface area contributed by atoms with E-state index in [1.165, 1.54) is 23.1 Å². The highest BCUT2D eigenvalue weighted by Gasteiger charge is 2.46. The van der Waals surface area contributed by atoms with Crippen LogP contribution < -0.4 is 11.1 Å². The number of amidine groups is 1. The van der Waals surface area contributed by atoms with Gasteiger partial charge in [-0.05, 0) is 36.8 Å². The smallest absolute Gasteiger partial charge is 0.257 e. The van der Waals surface area contributed by atoms with E-state index < -0.39 is 18.1 Å². The zero-order valence-electron chi connectivity index (χ0n) is 20.4. The van der Waals surface area contributed by atoms with E-state index in [-0.39, 0.29) is 17.4 Å². The number of ketones is 1. The molecule has 1 fully saturated rings. The first-order valence-corrected chi connectivity index (χ1v) is 13.9. The first-order chi connectivity index (χ1) is 18.5. The van der Waals surface area contributed by atoms with Gasteiger partial charge < -0.3 is 16.0 Å². The SMILES string of the molecule is CC1=C(C(=O)Nc2ccccn2)C(c2ccccc2)N2C(=N1)SCC(=O)C(c1nc3ccccc3s1)C2N. The lowest BCUT2D eigenvalue weighted by atomic mass is 9.91. The normalized spacial score (nSPS) is 21.6. The lowest BCUT2D eigenvalue weighted by Crippen LogP contribution is -2.52. The quantitative estimate of drug-likeness (QED) is 0.386. The molecule has 4 heterocycles. The average Bonchev–Trinajstić information content (AvgIpc) is 3.31. The minimum absolute atomic E-state index is 0.0115. The topological polar surface area (TPSA) is 114 Å². The zero-order valence-corrected chi connectivity index (χ0v) is 22.1. The first-order valence-electron chi connectivity index (χ1n) is 12.1. The molecule has 2 aromatic heterocycles. The van der Waals surface area contributed by atoms with E-state index in [4.69, 9.17) is 15.7 Å². The fraction of sp³-hybridized carbons (Fsp3) is 0.179. The third-order valence-corrected chi connectivity index (χ3v) is 8.73. The molecule has 1 amide bonds. The van der Waals surface area contributed by atoms with Gasteiger partial charge in [-0.1, -0.05) is 60.3 Å². The lowest BCUT2D eigenvalue weighted by Gasteiger charge is -2.42. The number of benzene rings is 2. The molecule has 38 heavy (non-hydrogen) atoms. The fourth-order valence-electron chi connectivity index (χ4n) is 4.87. The molecule has 0 saturated carbocycles. The number of allylic oxidation sites excluding steroid dienone is 1. The van der Waals surface area contributed by atoms with Crippen molar-refractivity contribution in [1.82, 2.24) is 14.9 Å². The number of hydrogen-bond donors (Lipinski definition) is 2. The molecule has 10 heteroatoms. The van der Waals surface area contributed by atoms with Gasteiger partial charge in [0.05, 0.1) is 39.4 Å². The number of pyridine rings is 1. The molecule has 2 aromatic carbocycles. The second-order valence-electron chi connectivity index (χ2n) is 9.03. The van der Waals surface area contributed by atoms with Gasteiger partial charge >= 0.3 is 0 Å². The molecule has 1 saturated heterocycles. The highest BCUT2D eigenvalue weighted by atomic mass is 32.2. The second-order valence-corrected chi connectivity index (χ2v) is 11.0. The summed E-state index contributed by atoms with van der Waals surface area (Å²) in [5.74, 6) is -0.341. The number of aromatic nitrogens is 2. The number of carbonyl (C=O) groups excluding carboxylic acids is 2. The highest BCUT2D eigenvalue weighted by Crippen LogP contribution is 2.43. The van der Waals surface area contributed by atoms with E-state index in [0.717, 1.165) is 15.8 Å². The van der Waals surface area contributed by atoms with E-state index in [1.54, 1.807) is 18.3 Å². The Hall–Kier alpha value is -3.86. The molecule has 6 rings (SSSR count). The van der Waals surface area contributed by atoms with Crippen molar-refractivity contribution in [3.8, 4) is 0 Å². The molecule has 190 valence electrons. The van der Waals surface area contributed by atoms with E-state index in [9.17, 15) is 9.59 Å². The molecule has 2 aliphatic heterocycles. The van der Waals surface area contributed by atoms with Crippen LogP contribution in [0, 0.1) is 0 Å². The fourth-order valence-corrected chi connectivity index (χ4v) is 7.03. The summed E-state index contributed by atoms with van der Waals surface area (Å²) in [5, 5.41) is 4.20. The maximum atomic E-state index is 13.7. The van der Waals surface area contributed by atoms with Gasteiger partial charge in [-0.2, -0.15) is 0 Å². The summed E-state index contributed by atoms with van der Waals surface area (Å²) >= 11 is 2.83. The van der Waals surface area contributed by atoms with Crippen LogP contribution in [0.25, 0.3) is 10.2 Å². The third kappa shape index (κ3) is 4.40. The summed E-state index contributed by atoms with van der Waals surface area (Å²) < 4.78 is 0.998. The van der Waals surface area contributed by atoms with Crippen LogP contribution in [0.4, 0.5) is 5.82 Å². The molecular weight excluding hydrogens is 516 g/mol. The molecule has 3 atom stereocenters. The third-order valence-electron chi connectivity index (χ3n) is 6.62. The molecular formula is C28H24N6O2S2. The number of aliphatic imine (C=N–C) groups is 1. The number of anilines is 1. The molecule has 3 N–H and O–H groups in total. The number of fused-ring (bicyclic) bond motifs is 2. The number of para-hydroxylation sites is 1. The van der Waals surface area contributed by atoms with Crippen LogP contribution in [0.2, 0.25) is 0 Å². The summed E-state index contributed by atoms with van der Waals surface area (Å²) in [5.41, 5.74) is 9.72. The van der Waals surface area contributed by atoms with Crippen LogP contribution in [0.15, 0.2) is 95.3 Å². The summed E-state index contributed by atoms with van der Waals surface area (Å²) in [4.78, 5) is 43.0. The van der Waals surface area contributed by atoms with Crippen molar-refractivity contribution in [2.75, 3.05) is 11.1 Å². The molecule has 0 spiro atoms. The van der Waals surface area contributed by atoms with Gasteiger partial charge in [-0.15, -0.1) is 11.3 Å². The predicted molar refractivity (Wildman–Crippen MR) is 152 cm³/mol. The number of nitrogens with one attached hydrogen (secondary N) is 1. The monoisotopic (exact) mass is 540 g/mol. The van der Waals surface area contributed by atoms with Crippen molar-refractivity contribution in [3.05, 3.63) is 101 Å². The number of rotatable bonds is 4. The number of Topliss-reactive ketones (excluding diaryl/α,β-unsaturated/α-hetero) is 1. The van der Waals surface area contributed by atoms with Gasteiger partial charge in [0, 0.05) is 6.20 Å². The van der Waals surface area contributed by atoms with Gasteiger partial charge in [0.15, 0.2) is 11.0 Å². The predicted octanol–water partition coefficient (Wildman–Crippen LogP) is 4.70. The van der Waals surface area contributed by atoms with Crippen LogP contribution in [0.5, 0.6) is 0 Å². The molecule has 0 bridgehead atoms. The van der Waals surface area contributed by atoms with Gasteiger partial charge in [-0.3, -0.25) is 9.59 Å². The van der Waals surface area contributed by atoms with Gasteiger partial charge in [-0.25, -0.2) is 15.0 Å². The summed E-state index contributed by atoms with van der Waals surface area (Å²) in [6.07, 6.45) is 0.839. The van der Waals surface area contributed by atoms with Crippen LogP contribution in [-0.4, -0.2) is 43.6 Å². The Kier molecular flexibility index (Phi) is 6.52. The Labute approximate surface area is 227 Å². The van der Waals surface area contributed by atoms with Crippen molar-refractivity contribution in [3.63, 3.8) is 0 Å². The minimum atomic E-state index is -0.784. The molecule has 0 aliphatic carbocycles. The number of amides is 1. The molecule has 3 unspecified atom stereocenters. The Bertz CT molecular complexity index is 1550. The Morgan fingerprint density at radius 3 is 2.58 bits per heavy atom. The molecule has 4 aromatic rings. The van der Waals surface area contributed by atoms with Gasteiger partial charge in [0.2, 0.25) is 0 Å². The second kappa shape index (κ2) is 10.1. The van der Waals surface area contributed by atoms with Crippen molar-refractivity contribution >= 4 is 56.0 Å². The standard InChI is InChI=1S/C28H24N6O2S2/c1-16-22(26(36)33-21-13-7-8-14-30-21)24(17-9-3-2-4-10-17)34-25(29)23(19(35)15-37-28(34)31-16)27-32-18-11-5-6-12-20(18)38-27/h2-14,23-25H,15,29H2,1H3,(H,30,33,36). The van der Waals surface area contributed by atoms with E-state index >= 15 is 0 Å². The van der Waals surface area contributed by atoms with Crippen molar-refractivity contribution in [1.29, 1.82) is 0 Å². The van der Waals surface area contributed by atoms with Gasteiger partial charge in [0.25, 0.3) is 5.91 Å². The average molecular weight is 541 g/mol. The van der Waals surface area contributed by atoms with E-state index in [1.807, 2.05) is 72.5 Å². The lowest BCUT2D eigenvalue weighted by molar-refractivity contribution is -0.119. The van der Waals surface area contributed by atoms with Crippen LogP contribution in [0.3, 0.4) is 0 Å². The van der Waals surface area contributed by atoms with Crippen LogP contribution in [-0.2, 0) is 9.59 Å². The van der Waals surface area contributed by atoms with Crippen LogP contribution >= 0.6 is 23.1 Å². The maximum absolute atomic E-state index is 13.7. The summed E-state index contributed by atoms with van der Waals surface area (Å²) in [6.45, 7) is 1.82. The molecule has 0 radical (unpaired) electrons. The van der Waals surface area contributed by atoms with E-state index in [0.29, 0.717) is 27.3 Å². The number of nitrogens with two attached hydrogens (primary N) is 1. The number of nitrogens with zero attached hydrogens (tertiary/aromatic N) is 4. The van der Waals surface area contributed by atoms with Crippen LogP contribution in [0.1, 0.15) is 29.5 Å². The molecule has 2 aliphatic rings. The summed E-state index contributed by atoms with van der Waals surface area (Å²) in [7, 11) is 0. The largest absolute Gasteiger partial charge is 0.323 e. The maximum Gasteiger partial charge on any atom is 0.257 e. The number of thiazole rings is 1. The minimum Gasteiger partial charge on any atom is -0.323 e. The Morgan fingerprint density at radius 2 is 1.82 bits per heavy atom. The van der Waals surface area contributed by atoms with E-state index in [2.05, 4.69) is 10.3 Å². The van der Waals surface area contributed by atoms with Crippen molar-refractivity contribution in [2.24, 2.45) is 10.7 Å². The first kappa shape index (κ1) is 24.5.